The van der Waals surface area contributed by atoms with Crippen molar-refractivity contribution in [2.45, 2.75) is 27.2 Å². The molecule has 0 spiro atoms. The lowest BCUT2D eigenvalue weighted by molar-refractivity contribution is 0.834. The second kappa shape index (κ2) is 3.27. The maximum absolute atomic E-state index is 4.45. The van der Waals surface area contributed by atoms with Gasteiger partial charge >= 0.3 is 0 Å². The predicted octanol–water partition coefficient (Wildman–Crippen LogP) is 3.16. The molecule has 0 radical (unpaired) electrons. The maximum Gasteiger partial charge on any atom is 0.193 e. The van der Waals surface area contributed by atoms with Crippen LogP contribution in [0, 0.1) is 0 Å². The van der Waals surface area contributed by atoms with Gasteiger partial charge in [0.1, 0.15) is 0 Å². The van der Waals surface area contributed by atoms with Crippen molar-refractivity contribution in [1.82, 2.24) is 9.38 Å². The van der Waals surface area contributed by atoms with E-state index in [1.807, 2.05) is 11.6 Å². The molecule has 0 saturated heterocycles. The van der Waals surface area contributed by atoms with Crippen molar-refractivity contribution in [3.05, 3.63) is 23.5 Å². The number of aromatic nitrogens is 2. The highest BCUT2D eigenvalue weighted by molar-refractivity contribution is 7.15. The maximum atomic E-state index is 4.45. The minimum absolute atomic E-state index is 0. The highest BCUT2D eigenvalue weighted by atomic mass is 32.1. The Morgan fingerprint density at radius 2 is 2.25 bits per heavy atom. The Morgan fingerprint density at radius 3 is 2.83 bits per heavy atom. The van der Waals surface area contributed by atoms with E-state index in [9.17, 15) is 0 Å². The molecule has 0 aliphatic carbocycles. The van der Waals surface area contributed by atoms with Crippen molar-refractivity contribution >= 4 is 16.3 Å². The van der Waals surface area contributed by atoms with E-state index in [2.05, 4.69) is 29.4 Å². The zero-order valence-electron chi connectivity index (χ0n) is 6.61. The summed E-state index contributed by atoms with van der Waals surface area (Å²) in [5.74, 6) is 0.530. The van der Waals surface area contributed by atoms with Crippen LogP contribution in [0.25, 0.3) is 4.96 Å². The topological polar surface area (TPSA) is 17.3 Å². The van der Waals surface area contributed by atoms with Crippen LogP contribution in [0.15, 0.2) is 17.8 Å². The third-order valence-corrected chi connectivity index (χ3v) is 2.47. The quantitative estimate of drug-likeness (QED) is 0.662. The predicted molar refractivity (Wildman–Crippen MR) is 53.9 cm³/mol. The first-order chi connectivity index (χ1) is 5.27. The van der Waals surface area contributed by atoms with Crippen molar-refractivity contribution in [1.29, 1.82) is 0 Å². The molecular formula is C9H14N2S. The number of imidazole rings is 1. The van der Waals surface area contributed by atoms with Gasteiger partial charge in [0.15, 0.2) is 4.96 Å². The standard InChI is InChI=1S/C8H10N2S.CH4/c1-6(2)7-5-10-3-4-11-8(10)9-7;/h3-6H,1-2H3;1H4. The van der Waals surface area contributed by atoms with Crippen LogP contribution in [0.1, 0.15) is 32.9 Å². The van der Waals surface area contributed by atoms with Gasteiger partial charge in [0.05, 0.1) is 5.69 Å². The van der Waals surface area contributed by atoms with E-state index in [4.69, 9.17) is 0 Å². The third kappa shape index (κ3) is 1.37. The summed E-state index contributed by atoms with van der Waals surface area (Å²) in [4.78, 5) is 5.55. The molecule has 66 valence electrons. The van der Waals surface area contributed by atoms with Crippen LogP contribution in [0.2, 0.25) is 0 Å². The van der Waals surface area contributed by atoms with E-state index in [-0.39, 0.29) is 7.43 Å². The number of hydrogen-bond donors (Lipinski definition) is 0. The monoisotopic (exact) mass is 182 g/mol. The molecule has 2 nitrogen and oxygen atoms in total. The smallest absolute Gasteiger partial charge is 0.193 e. The van der Waals surface area contributed by atoms with E-state index >= 15 is 0 Å². The molecule has 2 heterocycles. The molecule has 3 heteroatoms. The van der Waals surface area contributed by atoms with Crippen LogP contribution in [0.5, 0.6) is 0 Å². The fourth-order valence-corrected chi connectivity index (χ4v) is 1.73. The van der Waals surface area contributed by atoms with Gasteiger partial charge < -0.3 is 0 Å². The molecule has 0 aliphatic rings. The highest BCUT2D eigenvalue weighted by Crippen LogP contribution is 2.17. The van der Waals surface area contributed by atoms with E-state index in [1.54, 1.807) is 11.3 Å². The molecule has 0 aliphatic heterocycles. The lowest BCUT2D eigenvalue weighted by Crippen LogP contribution is -1.84. The minimum Gasteiger partial charge on any atom is -0.297 e. The Labute approximate surface area is 76.9 Å². The Balaban J connectivity index is 0.000000720. The minimum atomic E-state index is 0. The van der Waals surface area contributed by atoms with Gasteiger partial charge in [-0.25, -0.2) is 4.98 Å². The number of rotatable bonds is 1. The fraction of sp³-hybridized carbons (Fsp3) is 0.444. The average Bonchev–Trinajstić information content (AvgIpc) is 2.40. The summed E-state index contributed by atoms with van der Waals surface area (Å²) in [6.07, 6.45) is 4.13. The molecule has 0 aromatic carbocycles. The van der Waals surface area contributed by atoms with Gasteiger partial charge in [0.25, 0.3) is 0 Å². The Hall–Kier alpha value is -0.830. The van der Waals surface area contributed by atoms with E-state index in [0.29, 0.717) is 5.92 Å². The summed E-state index contributed by atoms with van der Waals surface area (Å²) in [6, 6.07) is 0. The van der Waals surface area contributed by atoms with E-state index < -0.39 is 0 Å². The third-order valence-electron chi connectivity index (χ3n) is 1.70. The molecule has 0 unspecified atom stereocenters. The Bertz CT molecular complexity index is 331. The molecule has 2 rings (SSSR count). The lowest BCUT2D eigenvalue weighted by atomic mass is 10.2. The molecule has 2 aromatic rings. The lowest BCUT2D eigenvalue weighted by Gasteiger charge is -1.94. The molecule has 0 fully saturated rings. The highest BCUT2D eigenvalue weighted by Gasteiger charge is 2.04. The van der Waals surface area contributed by atoms with Crippen molar-refractivity contribution in [3.8, 4) is 0 Å². The van der Waals surface area contributed by atoms with Crippen molar-refractivity contribution < 1.29 is 0 Å². The number of thiazole rings is 1. The summed E-state index contributed by atoms with van der Waals surface area (Å²) in [7, 11) is 0. The SMILES string of the molecule is C.CC(C)c1cn2ccsc2n1. The summed E-state index contributed by atoms with van der Waals surface area (Å²) in [5.41, 5.74) is 1.18. The van der Waals surface area contributed by atoms with Crippen LogP contribution < -0.4 is 0 Å². The van der Waals surface area contributed by atoms with Crippen molar-refractivity contribution in [3.63, 3.8) is 0 Å². The first-order valence-electron chi connectivity index (χ1n) is 3.69. The van der Waals surface area contributed by atoms with Gasteiger partial charge in [0.2, 0.25) is 0 Å². The van der Waals surface area contributed by atoms with Crippen LogP contribution in [-0.4, -0.2) is 9.38 Å². The Morgan fingerprint density at radius 1 is 1.50 bits per heavy atom. The normalized spacial score (nSPS) is 10.6. The van der Waals surface area contributed by atoms with Gasteiger partial charge in [-0.1, -0.05) is 21.3 Å². The average molecular weight is 182 g/mol. The number of hydrogen-bond acceptors (Lipinski definition) is 2. The zero-order valence-corrected chi connectivity index (χ0v) is 7.43. The molecule has 0 atom stereocenters. The van der Waals surface area contributed by atoms with E-state index in [1.165, 1.54) is 5.69 Å². The van der Waals surface area contributed by atoms with Crippen LogP contribution in [0.3, 0.4) is 0 Å². The largest absolute Gasteiger partial charge is 0.297 e. The molecule has 0 bridgehead atoms. The van der Waals surface area contributed by atoms with Crippen molar-refractivity contribution in [2.24, 2.45) is 0 Å². The molecular weight excluding hydrogens is 168 g/mol. The first-order valence-corrected chi connectivity index (χ1v) is 4.57. The number of fused-ring (bicyclic) bond motifs is 1. The molecule has 0 amide bonds. The summed E-state index contributed by atoms with van der Waals surface area (Å²) in [6.45, 7) is 4.32. The number of nitrogens with zero attached hydrogens (tertiary/aromatic N) is 2. The summed E-state index contributed by atoms with van der Waals surface area (Å²) >= 11 is 1.68. The molecule has 2 aromatic heterocycles. The first kappa shape index (κ1) is 9.26. The second-order valence-electron chi connectivity index (χ2n) is 2.91. The van der Waals surface area contributed by atoms with Crippen LogP contribution in [0.4, 0.5) is 0 Å². The molecule has 0 saturated carbocycles. The second-order valence-corrected chi connectivity index (χ2v) is 3.79. The van der Waals surface area contributed by atoms with Crippen molar-refractivity contribution in [2.75, 3.05) is 0 Å². The summed E-state index contributed by atoms with van der Waals surface area (Å²) < 4.78 is 2.07. The zero-order chi connectivity index (χ0) is 7.84. The van der Waals surface area contributed by atoms with Gasteiger partial charge in [-0.05, 0) is 5.92 Å². The van der Waals surface area contributed by atoms with Gasteiger partial charge in [-0.15, -0.1) is 11.3 Å². The molecule has 0 N–H and O–H groups in total. The van der Waals surface area contributed by atoms with Crippen LogP contribution in [-0.2, 0) is 0 Å². The fourth-order valence-electron chi connectivity index (χ4n) is 1.02. The van der Waals surface area contributed by atoms with E-state index in [0.717, 1.165) is 4.96 Å². The van der Waals surface area contributed by atoms with Gasteiger partial charge in [-0.3, -0.25) is 4.40 Å². The van der Waals surface area contributed by atoms with Gasteiger partial charge in [-0.2, -0.15) is 0 Å². The Kier molecular flexibility index (Phi) is 2.52. The van der Waals surface area contributed by atoms with Gasteiger partial charge in [0, 0.05) is 17.8 Å². The summed E-state index contributed by atoms with van der Waals surface area (Å²) in [5, 5.41) is 2.05. The molecule has 12 heavy (non-hydrogen) atoms. The van der Waals surface area contributed by atoms with Crippen LogP contribution >= 0.6 is 11.3 Å².